The fraction of sp³-hybridized carbons (Fsp3) is 0.889. The summed E-state index contributed by atoms with van der Waals surface area (Å²) in [5.74, 6) is -0.226. The molecule has 1 rings (SSSR count). The summed E-state index contributed by atoms with van der Waals surface area (Å²) in [5, 5.41) is 13.9. The van der Waals surface area contributed by atoms with Crippen molar-refractivity contribution in [2.75, 3.05) is 12.4 Å². The van der Waals surface area contributed by atoms with Crippen LogP contribution in [-0.2, 0) is 14.8 Å². The third-order valence-electron chi connectivity index (χ3n) is 2.61. The summed E-state index contributed by atoms with van der Waals surface area (Å²) in [4.78, 5) is 0. The quantitative estimate of drug-likeness (QED) is 0.764. The van der Waals surface area contributed by atoms with Gasteiger partial charge in [-0.05, 0) is 25.7 Å². The van der Waals surface area contributed by atoms with Gasteiger partial charge in [-0.25, -0.2) is 13.6 Å². The Morgan fingerprint density at radius 3 is 2.40 bits per heavy atom. The van der Waals surface area contributed by atoms with Gasteiger partial charge in [-0.2, -0.15) is 5.26 Å². The molecule has 1 saturated carbocycles. The van der Waals surface area contributed by atoms with E-state index in [-0.39, 0.29) is 12.4 Å². The van der Waals surface area contributed by atoms with Crippen LogP contribution in [0.2, 0.25) is 0 Å². The minimum atomic E-state index is -3.49. The van der Waals surface area contributed by atoms with E-state index in [4.69, 9.17) is 15.1 Å². The van der Waals surface area contributed by atoms with Crippen LogP contribution in [0, 0.1) is 11.3 Å². The van der Waals surface area contributed by atoms with Gasteiger partial charge in [0.05, 0.1) is 18.4 Å². The van der Waals surface area contributed by atoms with Crippen molar-refractivity contribution in [3.8, 4) is 6.07 Å². The van der Waals surface area contributed by atoms with E-state index >= 15 is 0 Å². The van der Waals surface area contributed by atoms with Crippen LogP contribution >= 0.6 is 0 Å². The largest absolute Gasteiger partial charge is 0.359 e. The Kier molecular flexibility index (Phi) is 4.08. The minimum absolute atomic E-state index is 0.00634. The lowest BCUT2D eigenvalue weighted by Gasteiger charge is -2.30. The van der Waals surface area contributed by atoms with Gasteiger partial charge in [0, 0.05) is 0 Å². The molecule has 0 aromatic carbocycles. The minimum Gasteiger partial charge on any atom is -0.359 e. The Hall–Kier alpha value is -0.640. The van der Waals surface area contributed by atoms with Crippen LogP contribution in [0.3, 0.4) is 0 Å². The number of hydrogen-bond acceptors (Lipinski definition) is 4. The second kappa shape index (κ2) is 4.92. The summed E-state index contributed by atoms with van der Waals surface area (Å²) < 4.78 is 26.7. The lowest BCUT2D eigenvalue weighted by Crippen LogP contribution is -2.35. The maximum Gasteiger partial charge on any atom is 0.211 e. The van der Waals surface area contributed by atoms with Crippen LogP contribution in [-0.4, -0.2) is 26.4 Å². The van der Waals surface area contributed by atoms with Crippen molar-refractivity contribution in [1.29, 1.82) is 5.26 Å². The monoisotopic (exact) mass is 232 g/mol. The predicted molar refractivity (Wildman–Crippen MR) is 55.4 cm³/mol. The molecule has 1 fully saturated rings. The second-order valence-electron chi connectivity index (χ2n) is 3.88. The van der Waals surface area contributed by atoms with Gasteiger partial charge in [-0.15, -0.1) is 0 Å². The highest BCUT2D eigenvalue weighted by Gasteiger charge is 2.32. The van der Waals surface area contributed by atoms with Crippen molar-refractivity contribution >= 4 is 10.0 Å². The standard InChI is InChI=1S/C9H16N2O3S/c10-8-9(4-2-1-3-5-9)14-6-7-15(11,12)13/h1-7H2,(H2,11,12,13). The molecule has 0 unspecified atom stereocenters. The van der Waals surface area contributed by atoms with Gasteiger partial charge >= 0.3 is 0 Å². The number of nitrogens with zero attached hydrogens (tertiary/aromatic N) is 1. The van der Waals surface area contributed by atoms with Crippen LogP contribution in [0.5, 0.6) is 0 Å². The predicted octanol–water partition coefficient (Wildman–Crippen LogP) is 0.518. The molecule has 0 aromatic heterocycles. The molecular weight excluding hydrogens is 216 g/mol. The maximum atomic E-state index is 10.7. The molecule has 0 aliphatic heterocycles. The van der Waals surface area contributed by atoms with Gasteiger partial charge in [0.2, 0.25) is 10.0 Å². The van der Waals surface area contributed by atoms with Crippen molar-refractivity contribution in [3.63, 3.8) is 0 Å². The molecule has 0 amide bonds. The summed E-state index contributed by atoms with van der Waals surface area (Å²) in [6.07, 6.45) is 4.41. The fourth-order valence-electron chi connectivity index (χ4n) is 1.76. The Morgan fingerprint density at radius 2 is 1.93 bits per heavy atom. The molecule has 1 aliphatic rings. The number of rotatable bonds is 4. The van der Waals surface area contributed by atoms with E-state index in [2.05, 4.69) is 6.07 Å². The SMILES string of the molecule is N#CC1(OCCS(N)(=O)=O)CCCCC1. The first-order valence-corrected chi connectivity index (χ1v) is 6.75. The van der Waals surface area contributed by atoms with Crippen molar-refractivity contribution in [2.45, 2.75) is 37.7 Å². The number of hydrogen-bond donors (Lipinski definition) is 1. The Balaban J connectivity index is 2.44. The molecule has 0 radical (unpaired) electrons. The van der Waals surface area contributed by atoms with Gasteiger partial charge in [-0.1, -0.05) is 6.42 Å². The van der Waals surface area contributed by atoms with E-state index in [1.54, 1.807) is 0 Å². The molecule has 0 aromatic rings. The normalized spacial score (nSPS) is 20.8. The van der Waals surface area contributed by atoms with Crippen LogP contribution in [0.25, 0.3) is 0 Å². The summed E-state index contributed by atoms with van der Waals surface area (Å²) in [6, 6.07) is 2.15. The summed E-state index contributed by atoms with van der Waals surface area (Å²) in [6.45, 7) is 0.00634. The van der Waals surface area contributed by atoms with Gasteiger partial charge in [-0.3, -0.25) is 0 Å². The number of sulfonamides is 1. The van der Waals surface area contributed by atoms with Crippen LogP contribution < -0.4 is 5.14 Å². The van der Waals surface area contributed by atoms with Crippen molar-refractivity contribution in [2.24, 2.45) is 5.14 Å². The molecule has 15 heavy (non-hydrogen) atoms. The van der Waals surface area contributed by atoms with Crippen molar-refractivity contribution in [3.05, 3.63) is 0 Å². The first kappa shape index (κ1) is 12.4. The highest BCUT2D eigenvalue weighted by molar-refractivity contribution is 7.89. The number of primary sulfonamides is 1. The topological polar surface area (TPSA) is 93.2 Å². The Morgan fingerprint density at radius 1 is 1.33 bits per heavy atom. The van der Waals surface area contributed by atoms with Crippen molar-refractivity contribution < 1.29 is 13.2 Å². The zero-order valence-corrected chi connectivity index (χ0v) is 9.42. The van der Waals surface area contributed by atoms with Gasteiger partial charge in [0.1, 0.15) is 0 Å². The zero-order valence-electron chi connectivity index (χ0n) is 8.61. The molecule has 6 heteroatoms. The van der Waals surface area contributed by atoms with Gasteiger partial charge < -0.3 is 4.74 Å². The van der Waals surface area contributed by atoms with Crippen LogP contribution in [0.15, 0.2) is 0 Å². The Labute approximate surface area is 90.3 Å². The summed E-state index contributed by atoms with van der Waals surface area (Å²) >= 11 is 0. The van der Waals surface area contributed by atoms with E-state index in [1.165, 1.54) is 0 Å². The van der Waals surface area contributed by atoms with E-state index in [0.717, 1.165) is 19.3 Å². The average Bonchev–Trinajstić information content (AvgIpc) is 2.17. The average molecular weight is 232 g/mol. The highest BCUT2D eigenvalue weighted by atomic mass is 32.2. The van der Waals surface area contributed by atoms with E-state index in [1.807, 2.05) is 0 Å². The van der Waals surface area contributed by atoms with E-state index in [9.17, 15) is 8.42 Å². The van der Waals surface area contributed by atoms with Gasteiger partial charge in [0.25, 0.3) is 0 Å². The smallest absolute Gasteiger partial charge is 0.211 e. The molecule has 0 bridgehead atoms. The molecular formula is C9H16N2O3S. The maximum absolute atomic E-state index is 10.7. The molecule has 0 saturated heterocycles. The van der Waals surface area contributed by atoms with Crippen LogP contribution in [0.4, 0.5) is 0 Å². The Bertz CT molecular complexity index is 339. The number of nitrogens with two attached hydrogens (primary N) is 1. The third-order valence-corrected chi connectivity index (χ3v) is 3.35. The van der Waals surface area contributed by atoms with E-state index in [0.29, 0.717) is 12.8 Å². The lowest BCUT2D eigenvalue weighted by atomic mass is 9.86. The zero-order chi connectivity index (χ0) is 11.4. The highest BCUT2D eigenvalue weighted by Crippen LogP contribution is 2.30. The van der Waals surface area contributed by atoms with Gasteiger partial charge in [0.15, 0.2) is 5.60 Å². The molecule has 0 spiro atoms. The summed E-state index contributed by atoms with van der Waals surface area (Å²) in [5.41, 5.74) is -0.775. The molecule has 86 valence electrons. The summed E-state index contributed by atoms with van der Waals surface area (Å²) in [7, 11) is -3.49. The van der Waals surface area contributed by atoms with Crippen molar-refractivity contribution in [1.82, 2.24) is 0 Å². The second-order valence-corrected chi connectivity index (χ2v) is 5.62. The molecule has 2 N–H and O–H groups in total. The molecule has 1 aliphatic carbocycles. The first-order valence-electron chi connectivity index (χ1n) is 5.03. The number of ether oxygens (including phenoxy) is 1. The van der Waals surface area contributed by atoms with E-state index < -0.39 is 15.6 Å². The molecule has 0 atom stereocenters. The lowest BCUT2D eigenvalue weighted by molar-refractivity contribution is -0.0196. The molecule has 5 nitrogen and oxygen atoms in total. The number of nitriles is 1. The molecule has 0 heterocycles. The van der Waals surface area contributed by atoms with Crippen LogP contribution in [0.1, 0.15) is 32.1 Å². The first-order chi connectivity index (χ1) is 6.97. The third kappa shape index (κ3) is 4.16. The fourth-order valence-corrected chi connectivity index (χ4v) is 2.08.